The maximum absolute atomic E-state index is 13.4. The van der Waals surface area contributed by atoms with Crippen LogP contribution in [0.4, 0.5) is 0 Å². The van der Waals surface area contributed by atoms with Gasteiger partial charge < -0.3 is 19.5 Å². The van der Waals surface area contributed by atoms with Crippen molar-refractivity contribution in [3.8, 4) is 17.0 Å². The van der Waals surface area contributed by atoms with Crippen LogP contribution in [0.5, 0.6) is 5.75 Å². The van der Waals surface area contributed by atoms with Crippen molar-refractivity contribution in [1.82, 2.24) is 14.7 Å². The van der Waals surface area contributed by atoms with Crippen LogP contribution in [0.25, 0.3) is 11.3 Å². The summed E-state index contributed by atoms with van der Waals surface area (Å²) >= 11 is 0. The first-order valence-corrected chi connectivity index (χ1v) is 9.94. The fraction of sp³-hybridized carbons (Fsp3) is 0.261. The lowest BCUT2D eigenvalue weighted by molar-refractivity contribution is -0.154. The van der Waals surface area contributed by atoms with Gasteiger partial charge in [0.05, 0.1) is 32.4 Å². The molecule has 1 unspecified atom stereocenters. The normalized spacial score (nSPS) is 16.2. The van der Waals surface area contributed by atoms with E-state index in [1.165, 1.54) is 4.90 Å². The second-order valence-corrected chi connectivity index (χ2v) is 7.26. The van der Waals surface area contributed by atoms with E-state index in [9.17, 15) is 14.7 Å². The molecule has 8 heteroatoms. The predicted molar refractivity (Wildman–Crippen MR) is 113 cm³/mol. The van der Waals surface area contributed by atoms with E-state index >= 15 is 0 Å². The van der Waals surface area contributed by atoms with Crippen molar-refractivity contribution in [3.05, 3.63) is 71.9 Å². The zero-order valence-electron chi connectivity index (χ0n) is 17.1. The molecular weight excluding hydrogens is 398 g/mol. The van der Waals surface area contributed by atoms with Crippen molar-refractivity contribution in [3.63, 3.8) is 0 Å². The monoisotopic (exact) mass is 421 g/mol. The van der Waals surface area contributed by atoms with Crippen LogP contribution < -0.4 is 4.74 Å². The number of aliphatic carboxylic acids is 1. The molecule has 0 saturated carbocycles. The SMILES string of the molecule is COc1cccc(-c2nn(Cc3ccccc3)cc2C(=O)N2CCOC(C(=O)O)C2)c1. The molecule has 1 aliphatic heterocycles. The highest BCUT2D eigenvalue weighted by atomic mass is 16.5. The molecule has 1 aliphatic rings. The number of benzene rings is 2. The number of amides is 1. The van der Waals surface area contributed by atoms with Gasteiger partial charge in [-0.3, -0.25) is 9.48 Å². The molecule has 0 radical (unpaired) electrons. The van der Waals surface area contributed by atoms with E-state index in [1.54, 1.807) is 18.0 Å². The van der Waals surface area contributed by atoms with E-state index in [4.69, 9.17) is 9.47 Å². The highest BCUT2D eigenvalue weighted by Gasteiger charge is 2.31. The molecule has 31 heavy (non-hydrogen) atoms. The Morgan fingerprint density at radius 2 is 2.00 bits per heavy atom. The Kier molecular flexibility index (Phi) is 5.99. The Balaban J connectivity index is 1.70. The third-order valence-corrected chi connectivity index (χ3v) is 5.15. The molecule has 1 saturated heterocycles. The maximum Gasteiger partial charge on any atom is 0.334 e. The number of rotatable bonds is 6. The first kappa shape index (κ1) is 20.6. The highest BCUT2D eigenvalue weighted by Crippen LogP contribution is 2.27. The number of morpholine rings is 1. The summed E-state index contributed by atoms with van der Waals surface area (Å²) in [4.78, 5) is 26.2. The lowest BCUT2D eigenvalue weighted by Crippen LogP contribution is -2.48. The summed E-state index contributed by atoms with van der Waals surface area (Å²) in [5.41, 5.74) is 2.74. The van der Waals surface area contributed by atoms with Crippen LogP contribution in [0.3, 0.4) is 0 Å². The van der Waals surface area contributed by atoms with Crippen LogP contribution >= 0.6 is 0 Å². The molecule has 2 heterocycles. The van der Waals surface area contributed by atoms with Gasteiger partial charge in [0.2, 0.25) is 0 Å². The topological polar surface area (TPSA) is 93.9 Å². The third-order valence-electron chi connectivity index (χ3n) is 5.15. The second-order valence-electron chi connectivity index (χ2n) is 7.26. The number of carbonyl (C=O) groups excluding carboxylic acids is 1. The number of hydrogen-bond donors (Lipinski definition) is 1. The Bertz CT molecular complexity index is 1080. The van der Waals surface area contributed by atoms with Gasteiger partial charge in [-0.15, -0.1) is 0 Å². The zero-order chi connectivity index (χ0) is 21.8. The third kappa shape index (κ3) is 4.59. The summed E-state index contributed by atoms with van der Waals surface area (Å²) in [6.07, 6.45) is 0.687. The number of carboxylic acids is 1. The van der Waals surface area contributed by atoms with Gasteiger partial charge in [-0.25, -0.2) is 4.79 Å². The molecule has 1 aromatic heterocycles. The molecule has 2 aromatic carbocycles. The van der Waals surface area contributed by atoms with Crippen LogP contribution in [-0.2, 0) is 16.1 Å². The van der Waals surface area contributed by atoms with Crippen LogP contribution in [0, 0.1) is 0 Å². The van der Waals surface area contributed by atoms with Gasteiger partial charge >= 0.3 is 5.97 Å². The van der Waals surface area contributed by atoms with Gasteiger partial charge in [-0.05, 0) is 17.7 Å². The van der Waals surface area contributed by atoms with Gasteiger partial charge in [0.15, 0.2) is 6.10 Å². The molecule has 0 aliphatic carbocycles. The number of aromatic nitrogens is 2. The van der Waals surface area contributed by atoms with Crippen molar-refractivity contribution in [2.24, 2.45) is 0 Å². The minimum absolute atomic E-state index is 0.00438. The van der Waals surface area contributed by atoms with Gasteiger partial charge in [-0.2, -0.15) is 5.10 Å². The minimum Gasteiger partial charge on any atom is -0.497 e. The fourth-order valence-corrected chi connectivity index (χ4v) is 3.57. The lowest BCUT2D eigenvalue weighted by atomic mass is 10.1. The average molecular weight is 421 g/mol. The van der Waals surface area contributed by atoms with Crippen molar-refractivity contribution in [2.75, 3.05) is 26.8 Å². The van der Waals surface area contributed by atoms with Gasteiger partial charge in [-0.1, -0.05) is 42.5 Å². The summed E-state index contributed by atoms with van der Waals surface area (Å²) in [6.45, 7) is 1.00. The number of methoxy groups -OCH3 is 1. The van der Waals surface area contributed by atoms with Gasteiger partial charge in [0, 0.05) is 18.3 Å². The van der Waals surface area contributed by atoms with Gasteiger partial charge in [0.25, 0.3) is 5.91 Å². The Morgan fingerprint density at radius 1 is 1.19 bits per heavy atom. The van der Waals surface area contributed by atoms with Crippen LogP contribution in [0.15, 0.2) is 60.8 Å². The van der Waals surface area contributed by atoms with Crippen LogP contribution in [0.1, 0.15) is 15.9 Å². The summed E-state index contributed by atoms with van der Waals surface area (Å²) in [5.74, 6) is -0.692. The van der Waals surface area contributed by atoms with Crippen molar-refractivity contribution >= 4 is 11.9 Å². The highest BCUT2D eigenvalue weighted by molar-refractivity contribution is 6.00. The van der Waals surface area contributed by atoms with Crippen LogP contribution in [-0.4, -0.2) is 64.6 Å². The summed E-state index contributed by atoms with van der Waals surface area (Å²) < 4.78 is 12.3. The Hall–Kier alpha value is -3.65. The molecular formula is C23H23N3O5. The molecule has 1 amide bonds. The largest absolute Gasteiger partial charge is 0.497 e. The molecule has 160 valence electrons. The molecule has 0 spiro atoms. The molecule has 8 nitrogen and oxygen atoms in total. The average Bonchev–Trinajstić information content (AvgIpc) is 3.23. The van der Waals surface area contributed by atoms with E-state index in [0.29, 0.717) is 30.1 Å². The molecule has 1 N–H and O–H groups in total. The molecule has 1 atom stereocenters. The van der Waals surface area contributed by atoms with Crippen LogP contribution in [0.2, 0.25) is 0 Å². The first-order chi connectivity index (χ1) is 15.0. The Morgan fingerprint density at radius 3 is 2.74 bits per heavy atom. The predicted octanol–water partition coefficient (Wildman–Crippen LogP) is 2.53. The fourth-order valence-electron chi connectivity index (χ4n) is 3.57. The van der Waals surface area contributed by atoms with E-state index < -0.39 is 12.1 Å². The lowest BCUT2D eigenvalue weighted by Gasteiger charge is -2.30. The zero-order valence-corrected chi connectivity index (χ0v) is 17.1. The van der Waals surface area contributed by atoms with E-state index in [0.717, 1.165) is 11.1 Å². The summed E-state index contributed by atoms with van der Waals surface area (Å²) in [7, 11) is 1.58. The first-order valence-electron chi connectivity index (χ1n) is 9.94. The van der Waals surface area contributed by atoms with Crippen molar-refractivity contribution < 1.29 is 24.2 Å². The minimum atomic E-state index is -1.08. The van der Waals surface area contributed by atoms with Crippen molar-refractivity contribution in [1.29, 1.82) is 0 Å². The van der Waals surface area contributed by atoms with E-state index in [2.05, 4.69) is 5.10 Å². The maximum atomic E-state index is 13.4. The molecule has 4 rings (SSSR count). The molecule has 0 bridgehead atoms. The summed E-state index contributed by atoms with van der Waals surface area (Å²) in [5, 5.41) is 14.0. The number of carbonyl (C=O) groups is 2. The van der Waals surface area contributed by atoms with Crippen molar-refractivity contribution in [2.45, 2.75) is 12.6 Å². The van der Waals surface area contributed by atoms with Gasteiger partial charge in [0.1, 0.15) is 11.4 Å². The number of ether oxygens (including phenoxy) is 2. The standard InChI is InChI=1S/C23H23N3O5/c1-30-18-9-5-8-17(12-18)21-19(14-26(24-21)13-16-6-3-2-4-7-16)22(27)25-10-11-31-20(15-25)23(28)29/h2-9,12,14,20H,10-11,13,15H2,1H3,(H,28,29). The van der Waals surface area contributed by atoms with E-state index in [1.807, 2.05) is 54.6 Å². The number of nitrogens with zero attached hydrogens (tertiary/aromatic N) is 3. The smallest absolute Gasteiger partial charge is 0.334 e. The Labute approximate surface area is 179 Å². The summed E-state index contributed by atoms with van der Waals surface area (Å²) in [6, 6.07) is 17.2. The number of carboxylic acid groups (broad SMARTS) is 1. The molecule has 3 aromatic rings. The number of hydrogen-bond acceptors (Lipinski definition) is 5. The second kappa shape index (κ2) is 9.01. The van der Waals surface area contributed by atoms with E-state index in [-0.39, 0.29) is 19.1 Å². The quantitative estimate of drug-likeness (QED) is 0.657. The molecule has 1 fully saturated rings.